The predicted molar refractivity (Wildman–Crippen MR) is 149 cm³/mol. The van der Waals surface area contributed by atoms with Gasteiger partial charge in [-0.1, -0.05) is 54.4 Å². The van der Waals surface area contributed by atoms with E-state index in [1.165, 1.54) is 0 Å². The number of carbonyl (C=O) groups is 4. The van der Waals surface area contributed by atoms with Crippen LogP contribution < -0.4 is 21.3 Å². The first-order valence-corrected chi connectivity index (χ1v) is 14.0. The van der Waals surface area contributed by atoms with Gasteiger partial charge in [-0.3, -0.25) is 14.4 Å². The van der Waals surface area contributed by atoms with Gasteiger partial charge in [-0.25, -0.2) is 4.79 Å². The van der Waals surface area contributed by atoms with Gasteiger partial charge in [-0.05, 0) is 58.8 Å². The summed E-state index contributed by atoms with van der Waals surface area (Å²) in [5.41, 5.74) is -0.724. The third kappa shape index (κ3) is 14.0. The summed E-state index contributed by atoms with van der Waals surface area (Å²) in [6.45, 7) is 20.3. The predicted octanol–water partition coefficient (Wildman–Crippen LogP) is 3.26. The molecular formula is C28H54N4O6. The molecule has 0 saturated heterocycles. The van der Waals surface area contributed by atoms with Gasteiger partial charge in [0.05, 0.1) is 18.6 Å². The van der Waals surface area contributed by atoms with Crippen LogP contribution in [0.4, 0.5) is 4.79 Å². The number of carbonyl (C=O) groups excluding carboxylic acids is 4. The summed E-state index contributed by atoms with van der Waals surface area (Å²) in [5, 5.41) is 21.9. The molecule has 0 unspecified atom stereocenters. The van der Waals surface area contributed by atoms with Crippen molar-refractivity contribution in [1.29, 1.82) is 0 Å². The van der Waals surface area contributed by atoms with Gasteiger partial charge >= 0.3 is 6.09 Å². The molecule has 6 atom stereocenters. The van der Waals surface area contributed by atoms with Crippen LogP contribution in [0.15, 0.2) is 0 Å². The van der Waals surface area contributed by atoms with Crippen molar-refractivity contribution in [3.05, 3.63) is 0 Å². The van der Waals surface area contributed by atoms with E-state index in [1.54, 1.807) is 20.8 Å². The van der Waals surface area contributed by atoms with Crippen LogP contribution in [-0.4, -0.2) is 64.8 Å². The summed E-state index contributed by atoms with van der Waals surface area (Å²) >= 11 is 0. The highest BCUT2D eigenvalue weighted by Gasteiger charge is 2.35. The Bertz CT molecular complexity index is 765. The lowest BCUT2D eigenvalue weighted by Gasteiger charge is -2.32. The molecule has 10 nitrogen and oxygen atoms in total. The molecular weight excluding hydrogens is 488 g/mol. The molecule has 0 radical (unpaired) electrons. The third-order valence-electron chi connectivity index (χ3n) is 6.32. The van der Waals surface area contributed by atoms with Crippen LogP contribution in [0.2, 0.25) is 0 Å². The highest BCUT2D eigenvalue weighted by Crippen LogP contribution is 2.16. The molecule has 0 saturated carbocycles. The molecule has 0 aromatic heterocycles. The number of aliphatic hydroxyl groups excluding tert-OH is 1. The molecule has 5 N–H and O–H groups in total. The third-order valence-corrected chi connectivity index (χ3v) is 6.32. The van der Waals surface area contributed by atoms with Crippen molar-refractivity contribution in [3.63, 3.8) is 0 Å². The van der Waals surface area contributed by atoms with Crippen molar-refractivity contribution in [2.24, 2.45) is 17.8 Å². The van der Waals surface area contributed by atoms with Gasteiger partial charge in [0.15, 0.2) is 0 Å². The molecule has 0 spiro atoms. The Morgan fingerprint density at radius 1 is 0.763 bits per heavy atom. The minimum atomic E-state index is -1.09. The number of alkyl carbamates (subject to hydrolysis) is 1. The standard InChI is InChI=1S/C28H54N4O6/c1-12-18(7)23(31-26(36)24(19(8)13-2)32-27(37)38-28(9,10)11)25(35)30-20(14-16(3)4)21(33)15-22(34)29-17(5)6/h16-21,23-24,33H,12-15H2,1-11H3,(H,29,34)(H,30,35)(H,31,36)(H,32,37)/t18-,19-,20-,21-,23-,24-/m0/s1. The number of ether oxygens (including phenoxy) is 1. The first-order chi connectivity index (χ1) is 17.4. The van der Waals surface area contributed by atoms with Gasteiger partial charge in [0.1, 0.15) is 17.7 Å². The first-order valence-electron chi connectivity index (χ1n) is 14.0. The van der Waals surface area contributed by atoms with Crippen molar-refractivity contribution in [2.45, 2.75) is 138 Å². The average molecular weight is 543 g/mol. The summed E-state index contributed by atoms with van der Waals surface area (Å²) in [6, 6.07) is -2.53. The zero-order valence-corrected chi connectivity index (χ0v) is 25.4. The van der Waals surface area contributed by atoms with Crippen molar-refractivity contribution >= 4 is 23.8 Å². The summed E-state index contributed by atoms with van der Waals surface area (Å²) in [5.74, 6) is -1.51. The van der Waals surface area contributed by atoms with Crippen LogP contribution in [0, 0.1) is 17.8 Å². The van der Waals surface area contributed by atoms with E-state index in [9.17, 15) is 24.3 Å². The fourth-order valence-electron chi connectivity index (χ4n) is 3.89. The van der Waals surface area contributed by atoms with Gasteiger partial charge in [0.2, 0.25) is 17.7 Å². The fourth-order valence-corrected chi connectivity index (χ4v) is 3.89. The Balaban J connectivity index is 5.76. The molecule has 0 aliphatic rings. The zero-order chi connectivity index (χ0) is 29.8. The number of nitrogens with one attached hydrogen (secondary N) is 4. The van der Waals surface area contributed by atoms with Crippen LogP contribution in [0.3, 0.4) is 0 Å². The first kappa shape index (κ1) is 35.6. The molecule has 0 fully saturated rings. The van der Waals surface area contributed by atoms with Gasteiger partial charge in [0.25, 0.3) is 0 Å². The summed E-state index contributed by atoms with van der Waals surface area (Å²) in [6.07, 6.45) is -0.252. The van der Waals surface area contributed by atoms with Gasteiger partial charge < -0.3 is 31.1 Å². The van der Waals surface area contributed by atoms with E-state index >= 15 is 0 Å². The van der Waals surface area contributed by atoms with E-state index in [-0.39, 0.29) is 36.1 Å². The summed E-state index contributed by atoms with van der Waals surface area (Å²) in [4.78, 5) is 51.5. The molecule has 10 heteroatoms. The van der Waals surface area contributed by atoms with Gasteiger partial charge in [-0.2, -0.15) is 0 Å². The molecule has 0 aliphatic heterocycles. The molecule has 222 valence electrons. The van der Waals surface area contributed by atoms with Crippen LogP contribution in [0.5, 0.6) is 0 Å². The van der Waals surface area contributed by atoms with Gasteiger partial charge in [0, 0.05) is 6.04 Å². The van der Waals surface area contributed by atoms with E-state index in [1.807, 2.05) is 55.4 Å². The summed E-state index contributed by atoms with van der Waals surface area (Å²) in [7, 11) is 0. The zero-order valence-electron chi connectivity index (χ0n) is 25.4. The van der Waals surface area contributed by atoms with Crippen molar-refractivity contribution in [1.82, 2.24) is 21.3 Å². The quantitative estimate of drug-likeness (QED) is 0.215. The monoisotopic (exact) mass is 542 g/mol. The lowest BCUT2D eigenvalue weighted by molar-refractivity contribution is -0.133. The molecule has 0 aromatic rings. The van der Waals surface area contributed by atoms with Crippen LogP contribution in [0.1, 0.15) is 102 Å². The minimum absolute atomic E-state index is 0.0643. The fraction of sp³-hybridized carbons (Fsp3) is 0.857. The maximum Gasteiger partial charge on any atom is 0.408 e. The lowest BCUT2D eigenvalue weighted by Crippen LogP contribution is -2.59. The topological polar surface area (TPSA) is 146 Å². The number of hydrogen-bond donors (Lipinski definition) is 5. The number of hydrogen-bond acceptors (Lipinski definition) is 6. The summed E-state index contributed by atoms with van der Waals surface area (Å²) < 4.78 is 5.34. The maximum atomic E-state index is 13.5. The van der Waals surface area contributed by atoms with E-state index in [2.05, 4.69) is 21.3 Å². The Kier molecular flexibility index (Phi) is 15.5. The molecule has 0 rings (SSSR count). The molecule has 0 aliphatic carbocycles. The normalized spacial score (nSPS) is 16.6. The second kappa shape index (κ2) is 16.6. The number of amides is 4. The van der Waals surface area contributed by atoms with Crippen molar-refractivity contribution < 1.29 is 29.0 Å². The lowest BCUT2D eigenvalue weighted by atomic mass is 9.93. The number of aliphatic hydroxyl groups is 1. The average Bonchev–Trinajstić information content (AvgIpc) is 2.77. The smallest absolute Gasteiger partial charge is 0.408 e. The van der Waals surface area contributed by atoms with Gasteiger partial charge in [-0.15, -0.1) is 0 Å². The van der Waals surface area contributed by atoms with E-state index in [0.29, 0.717) is 19.3 Å². The largest absolute Gasteiger partial charge is 0.444 e. The Labute approximate surface area is 229 Å². The van der Waals surface area contributed by atoms with Crippen molar-refractivity contribution in [3.8, 4) is 0 Å². The van der Waals surface area contributed by atoms with Crippen LogP contribution in [0.25, 0.3) is 0 Å². The van der Waals surface area contributed by atoms with E-state index in [4.69, 9.17) is 4.74 Å². The number of rotatable bonds is 15. The molecule has 0 aromatic carbocycles. The Morgan fingerprint density at radius 2 is 1.24 bits per heavy atom. The van der Waals surface area contributed by atoms with Crippen LogP contribution >= 0.6 is 0 Å². The highest BCUT2D eigenvalue weighted by molar-refractivity contribution is 5.91. The highest BCUT2D eigenvalue weighted by atomic mass is 16.6. The van der Waals surface area contributed by atoms with Crippen molar-refractivity contribution in [2.75, 3.05) is 0 Å². The molecule has 0 bridgehead atoms. The Hall–Kier alpha value is -2.36. The molecule has 0 heterocycles. The second-order valence-corrected chi connectivity index (χ2v) is 12.1. The van der Waals surface area contributed by atoms with Crippen LogP contribution in [-0.2, 0) is 19.1 Å². The minimum Gasteiger partial charge on any atom is -0.444 e. The van der Waals surface area contributed by atoms with E-state index < -0.39 is 47.7 Å². The Morgan fingerprint density at radius 3 is 1.66 bits per heavy atom. The van der Waals surface area contributed by atoms with E-state index in [0.717, 1.165) is 0 Å². The maximum absolute atomic E-state index is 13.5. The molecule has 4 amide bonds. The molecule has 38 heavy (non-hydrogen) atoms. The SMILES string of the molecule is CC[C@H](C)[C@H](NC(=O)OC(C)(C)C)C(=O)N[C@H](C(=O)N[C@@H](CC(C)C)[C@@H](O)CC(=O)NC(C)C)[C@@H](C)CC. The second-order valence-electron chi connectivity index (χ2n) is 12.1.